The normalized spacial score (nSPS) is 19.2. The molecule has 0 saturated heterocycles. The first-order valence-corrected chi connectivity index (χ1v) is 10.1. The molecule has 1 aliphatic carbocycles. The summed E-state index contributed by atoms with van der Waals surface area (Å²) in [5.41, 5.74) is 0.435. The molecule has 9 heteroatoms. The Kier molecular flexibility index (Phi) is 6.11. The molecule has 0 radical (unpaired) electrons. The highest BCUT2D eigenvalue weighted by Crippen LogP contribution is 2.25. The lowest BCUT2D eigenvalue weighted by Crippen LogP contribution is -2.40. The Bertz CT molecular complexity index is 1040. The van der Waals surface area contributed by atoms with Crippen LogP contribution in [0.25, 0.3) is 5.65 Å². The molecule has 0 aliphatic heterocycles. The van der Waals surface area contributed by atoms with Crippen LogP contribution in [-0.4, -0.2) is 27.4 Å². The van der Waals surface area contributed by atoms with E-state index >= 15 is 0 Å². The molecule has 5 nitrogen and oxygen atoms in total. The van der Waals surface area contributed by atoms with Crippen LogP contribution in [0.15, 0.2) is 48.7 Å². The summed E-state index contributed by atoms with van der Waals surface area (Å²) in [7, 11) is 0. The van der Waals surface area contributed by atoms with E-state index in [2.05, 4.69) is 15.6 Å². The molecule has 1 aromatic carbocycles. The van der Waals surface area contributed by atoms with Gasteiger partial charge in [0.25, 0.3) is 18.8 Å². The number of hydrogen-bond donors (Lipinski definition) is 2. The molecule has 2 aromatic heterocycles. The number of imidazole rings is 1. The van der Waals surface area contributed by atoms with Gasteiger partial charge < -0.3 is 10.6 Å². The predicted octanol–water partition coefficient (Wildman–Crippen LogP) is 5.36. The average Bonchev–Trinajstić information content (AvgIpc) is 3.21. The molecule has 1 fully saturated rings. The van der Waals surface area contributed by atoms with Crippen LogP contribution < -0.4 is 10.6 Å². The standard InChI is InChI=1S/C22H22F4N4O/c23-20(24)13-4-6-14(7-5-13)22(31)28-16-10-8-15(9-11-16)27-18-2-1-3-19-29-17(21(25)26)12-30(18)19/h1-7,12,15-16,20-21,27H,8-11H2,(H,28,31)/t15-,16+. The van der Waals surface area contributed by atoms with Gasteiger partial charge in [-0.2, -0.15) is 0 Å². The van der Waals surface area contributed by atoms with Crippen molar-refractivity contribution in [3.63, 3.8) is 0 Å². The van der Waals surface area contributed by atoms with Gasteiger partial charge in [-0.1, -0.05) is 18.2 Å². The summed E-state index contributed by atoms with van der Waals surface area (Å²) in [6.07, 6.45) is -0.757. The summed E-state index contributed by atoms with van der Waals surface area (Å²) >= 11 is 0. The maximum Gasteiger partial charge on any atom is 0.281 e. The molecule has 0 bridgehead atoms. The molecule has 2 heterocycles. The number of carbonyl (C=O) groups excluding carboxylic acids is 1. The van der Waals surface area contributed by atoms with Crippen LogP contribution in [0.1, 0.15) is 60.1 Å². The first kappa shape index (κ1) is 21.1. The summed E-state index contributed by atoms with van der Waals surface area (Å²) in [4.78, 5) is 16.3. The van der Waals surface area contributed by atoms with Gasteiger partial charge in [-0.3, -0.25) is 9.20 Å². The van der Waals surface area contributed by atoms with Gasteiger partial charge in [0.2, 0.25) is 0 Å². The first-order chi connectivity index (χ1) is 14.9. The van der Waals surface area contributed by atoms with E-state index in [1.165, 1.54) is 30.5 Å². The Morgan fingerprint density at radius 3 is 2.26 bits per heavy atom. The molecule has 4 rings (SSSR count). The molecule has 1 saturated carbocycles. The number of nitrogens with zero attached hydrogens (tertiary/aromatic N) is 2. The zero-order chi connectivity index (χ0) is 22.0. The smallest absolute Gasteiger partial charge is 0.281 e. The first-order valence-electron chi connectivity index (χ1n) is 10.1. The summed E-state index contributed by atoms with van der Waals surface area (Å²) in [5.74, 6) is 0.420. The lowest BCUT2D eigenvalue weighted by atomic mass is 9.91. The van der Waals surface area contributed by atoms with Crippen molar-refractivity contribution in [3.8, 4) is 0 Å². The minimum Gasteiger partial charge on any atom is -0.368 e. The molecule has 164 valence electrons. The Labute approximate surface area is 176 Å². The summed E-state index contributed by atoms with van der Waals surface area (Å²) < 4.78 is 52.8. The molecule has 31 heavy (non-hydrogen) atoms. The van der Waals surface area contributed by atoms with Gasteiger partial charge in [0.1, 0.15) is 17.2 Å². The van der Waals surface area contributed by atoms with Crippen molar-refractivity contribution in [1.29, 1.82) is 0 Å². The fourth-order valence-corrected chi connectivity index (χ4v) is 3.89. The molecule has 2 N–H and O–H groups in total. The summed E-state index contributed by atoms with van der Waals surface area (Å²) in [6, 6.07) is 10.7. The van der Waals surface area contributed by atoms with Crippen molar-refractivity contribution < 1.29 is 22.4 Å². The van der Waals surface area contributed by atoms with Gasteiger partial charge in [0.05, 0.1) is 0 Å². The molecule has 0 atom stereocenters. The van der Waals surface area contributed by atoms with Crippen molar-refractivity contribution in [1.82, 2.24) is 14.7 Å². The van der Waals surface area contributed by atoms with E-state index in [9.17, 15) is 22.4 Å². The van der Waals surface area contributed by atoms with Crippen LogP contribution in [0, 0.1) is 0 Å². The lowest BCUT2D eigenvalue weighted by Gasteiger charge is -2.30. The van der Waals surface area contributed by atoms with Gasteiger partial charge in [-0.25, -0.2) is 22.5 Å². The SMILES string of the molecule is O=C(N[C@H]1CC[C@@H](Nc2cccc3nc(C(F)F)cn23)CC1)c1ccc(C(F)F)cc1. The third-order valence-corrected chi connectivity index (χ3v) is 5.57. The zero-order valence-corrected chi connectivity index (χ0v) is 16.6. The predicted molar refractivity (Wildman–Crippen MR) is 109 cm³/mol. The van der Waals surface area contributed by atoms with Crippen molar-refractivity contribution in [2.24, 2.45) is 0 Å². The fraction of sp³-hybridized carbons (Fsp3) is 0.364. The van der Waals surface area contributed by atoms with E-state index < -0.39 is 12.9 Å². The van der Waals surface area contributed by atoms with E-state index in [1.807, 2.05) is 6.07 Å². The van der Waals surface area contributed by atoms with Crippen molar-refractivity contribution >= 4 is 17.4 Å². The van der Waals surface area contributed by atoms with E-state index in [4.69, 9.17) is 0 Å². The number of carbonyl (C=O) groups is 1. The quantitative estimate of drug-likeness (QED) is 0.514. The van der Waals surface area contributed by atoms with E-state index in [1.54, 1.807) is 16.5 Å². The second-order valence-corrected chi connectivity index (χ2v) is 7.69. The average molecular weight is 434 g/mol. The number of hydrogen-bond acceptors (Lipinski definition) is 3. The van der Waals surface area contributed by atoms with Crippen molar-refractivity contribution in [2.75, 3.05) is 5.32 Å². The molecule has 0 unspecified atom stereocenters. The van der Waals surface area contributed by atoms with Gasteiger partial charge in [-0.05, 0) is 49.9 Å². The maximum atomic E-state index is 13.0. The van der Waals surface area contributed by atoms with Crippen LogP contribution in [0.2, 0.25) is 0 Å². The van der Waals surface area contributed by atoms with Gasteiger partial charge in [0.15, 0.2) is 0 Å². The summed E-state index contributed by atoms with van der Waals surface area (Å²) in [6.45, 7) is 0. The van der Waals surface area contributed by atoms with Gasteiger partial charge >= 0.3 is 0 Å². The Hall–Kier alpha value is -3.10. The Morgan fingerprint density at radius 2 is 1.61 bits per heavy atom. The van der Waals surface area contributed by atoms with Crippen LogP contribution in [0.5, 0.6) is 0 Å². The highest BCUT2D eigenvalue weighted by molar-refractivity contribution is 5.94. The number of aromatic nitrogens is 2. The number of benzene rings is 1. The second kappa shape index (κ2) is 8.95. The molecule has 1 amide bonds. The highest BCUT2D eigenvalue weighted by atomic mass is 19.3. The van der Waals surface area contributed by atoms with Crippen LogP contribution in [-0.2, 0) is 0 Å². The molecule has 0 spiro atoms. The number of anilines is 1. The third-order valence-electron chi connectivity index (χ3n) is 5.57. The number of rotatable bonds is 6. The summed E-state index contributed by atoms with van der Waals surface area (Å²) in [5, 5.41) is 6.35. The Morgan fingerprint density at radius 1 is 0.935 bits per heavy atom. The molecule has 1 aliphatic rings. The van der Waals surface area contributed by atoms with Crippen LogP contribution in [0.3, 0.4) is 0 Å². The van der Waals surface area contributed by atoms with Crippen LogP contribution in [0.4, 0.5) is 23.4 Å². The van der Waals surface area contributed by atoms with Crippen molar-refractivity contribution in [2.45, 2.75) is 50.6 Å². The van der Waals surface area contributed by atoms with Gasteiger partial charge in [0, 0.05) is 29.4 Å². The number of amides is 1. The minimum atomic E-state index is -2.63. The van der Waals surface area contributed by atoms with Gasteiger partial charge in [-0.15, -0.1) is 0 Å². The molecular formula is C22H22F4N4O. The Balaban J connectivity index is 1.33. The van der Waals surface area contributed by atoms with Crippen LogP contribution >= 0.6 is 0 Å². The number of halogens is 4. The largest absolute Gasteiger partial charge is 0.368 e. The second-order valence-electron chi connectivity index (χ2n) is 7.69. The number of alkyl halides is 4. The number of nitrogens with one attached hydrogen (secondary N) is 2. The molecule has 3 aromatic rings. The van der Waals surface area contributed by atoms with E-state index in [0.717, 1.165) is 25.7 Å². The van der Waals surface area contributed by atoms with Crippen molar-refractivity contribution in [3.05, 3.63) is 65.5 Å². The topological polar surface area (TPSA) is 58.4 Å². The maximum absolute atomic E-state index is 13.0. The fourth-order valence-electron chi connectivity index (χ4n) is 3.89. The molecular weight excluding hydrogens is 412 g/mol. The monoisotopic (exact) mass is 434 g/mol. The number of pyridine rings is 1. The number of fused-ring (bicyclic) bond motifs is 1. The highest BCUT2D eigenvalue weighted by Gasteiger charge is 2.24. The third kappa shape index (κ3) is 4.81. The lowest BCUT2D eigenvalue weighted by molar-refractivity contribution is 0.0926. The minimum absolute atomic E-state index is 0.00482. The zero-order valence-electron chi connectivity index (χ0n) is 16.6. The van der Waals surface area contributed by atoms with E-state index in [0.29, 0.717) is 17.0 Å². The van der Waals surface area contributed by atoms with E-state index in [-0.39, 0.29) is 29.2 Å².